The van der Waals surface area contributed by atoms with E-state index >= 15 is 0 Å². The van der Waals surface area contributed by atoms with Gasteiger partial charge in [-0.25, -0.2) is 9.35 Å². The van der Waals surface area contributed by atoms with E-state index in [4.69, 9.17) is 5.14 Å². The standard InChI is InChI=1S/C15H28N2O2SSi/c1-14(2,3)21(6,7)17-20(16,19)13-10-8-9-12(11-13)15(4,5)18/h8-11,18H,1-7H3,(H2,16,17,19). The topological polar surface area (TPSA) is 75.7 Å². The van der Waals surface area contributed by atoms with Crippen LogP contribution >= 0.6 is 0 Å². The van der Waals surface area contributed by atoms with Gasteiger partial charge in [0.1, 0.15) is 9.92 Å². The summed E-state index contributed by atoms with van der Waals surface area (Å²) < 4.78 is 17.5. The summed E-state index contributed by atoms with van der Waals surface area (Å²) in [5.41, 5.74) is -0.314. The van der Waals surface area contributed by atoms with E-state index in [1.807, 2.05) is 0 Å². The van der Waals surface area contributed by atoms with Crippen molar-refractivity contribution >= 4 is 18.2 Å². The smallest absolute Gasteiger partial charge is 0.195 e. The third-order valence-corrected chi connectivity index (χ3v) is 11.6. The highest BCUT2D eigenvalue weighted by atomic mass is 32.2. The second-order valence-electron chi connectivity index (χ2n) is 7.56. The average Bonchev–Trinajstić information content (AvgIpc) is 2.25. The first kappa shape index (κ1) is 18.4. The zero-order chi connectivity index (χ0) is 16.7. The van der Waals surface area contributed by atoms with Gasteiger partial charge in [-0.3, -0.25) is 4.03 Å². The average molecular weight is 329 g/mol. The van der Waals surface area contributed by atoms with Crippen LogP contribution in [0.15, 0.2) is 33.2 Å². The Kier molecular flexibility index (Phi) is 4.81. The lowest BCUT2D eigenvalue weighted by molar-refractivity contribution is 0.0784. The molecule has 1 aromatic rings. The SMILES string of the molecule is CC(C)(O)c1cccc(S(N)(=O)=N[Si](C)(C)C(C)(C)C)c1. The van der Waals surface area contributed by atoms with Crippen LogP contribution in [0.1, 0.15) is 40.2 Å². The van der Waals surface area contributed by atoms with Crippen LogP contribution in [0.5, 0.6) is 0 Å². The fourth-order valence-corrected chi connectivity index (χ4v) is 6.39. The molecule has 0 spiro atoms. The number of aliphatic hydroxyl groups is 1. The van der Waals surface area contributed by atoms with Crippen LogP contribution in [0, 0.1) is 0 Å². The molecule has 21 heavy (non-hydrogen) atoms. The third kappa shape index (κ3) is 4.39. The number of rotatable bonds is 3. The van der Waals surface area contributed by atoms with Gasteiger partial charge >= 0.3 is 0 Å². The van der Waals surface area contributed by atoms with Crippen molar-refractivity contribution in [1.82, 2.24) is 0 Å². The molecule has 0 aliphatic rings. The Balaban J connectivity index is 3.42. The van der Waals surface area contributed by atoms with E-state index < -0.39 is 23.8 Å². The number of nitrogens with two attached hydrogens (primary N) is 1. The molecule has 0 bridgehead atoms. The van der Waals surface area contributed by atoms with E-state index in [0.717, 1.165) is 0 Å². The van der Waals surface area contributed by atoms with Crippen LogP contribution in [0.3, 0.4) is 0 Å². The first-order chi connectivity index (χ1) is 9.17. The van der Waals surface area contributed by atoms with Crippen LogP contribution in [0.25, 0.3) is 0 Å². The Morgan fingerprint density at radius 3 is 2.14 bits per heavy atom. The van der Waals surface area contributed by atoms with Crippen LogP contribution in [0.4, 0.5) is 0 Å². The van der Waals surface area contributed by atoms with Crippen molar-refractivity contribution in [2.75, 3.05) is 0 Å². The molecule has 0 radical (unpaired) electrons. The van der Waals surface area contributed by atoms with Crippen LogP contribution in [-0.2, 0) is 15.5 Å². The summed E-state index contributed by atoms with van der Waals surface area (Å²) in [6.45, 7) is 13.8. The van der Waals surface area contributed by atoms with Crippen molar-refractivity contribution in [1.29, 1.82) is 0 Å². The normalized spacial score (nSPS) is 16.4. The molecule has 0 saturated heterocycles. The monoisotopic (exact) mass is 328 g/mol. The lowest BCUT2D eigenvalue weighted by Gasteiger charge is -2.32. The fraction of sp³-hybridized carbons (Fsp3) is 0.600. The summed E-state index contributed by atoms with van der Waals surface area (Å²) in [6.07, 6.45) is 0. The first-order valence-electron chi connectivity index (χ1n) is 7.06. The highest BCUT2D eigenvalue weighted by molar-refractivity contribution is 7.92. The van der Waals surface area contributed by atoms with Crippen molar-refractivity contribution in [2.45, 2.75) is 63.2 Å². The summed E-state index contributed by atoms with van der Waals surface area (Å²) in [4.78, 5) is 0.479. The van der Waals surface area contributed by atoms with Gasteiger partial charge in [0, 0.05) is 0 Å². The predicted octanol–water partition coefficient (Wildman–Crippen LogP) is 3.62. The molecule has 1 rings (SSSR count). The molecule has 3 N–H and O–H groups in total. The molecule has 0 aliphatic carbocycles. The molecule has 120 valence electrons. The number of nitrogens with zero attached hydrogens (tertiary/aromatic N) is 1. The molecule has 0 amide bonds. The second-order valence-corrected chi connectivity index (χ2v) is 14.5. The Hall–Kier alpha value is -0.693. The van der Waals surface area contributed by atoms with Gasteiger partial charge < -0.3 is 5.11 Å². The predicted molar refractivity (Wildman–Crippen MR) is 91.9 cm³/mol. The largest absolute Gasteiger partial charge is 0.386 e. The Bertz CT molecular complexity index is 634. The minimum Gasteiger partial charge on any atom is -0.386 e. The zero-order valence-electron chi connectivity index (χ0n) is 14.1. The molecule has 1 aromatic carbocycles. The quantitative estimate of drug-likeness (QED) is 0.831. The van der Waals surface area contributed by atoms with E-state index in [1.165, 1.54) is 0 Å². The van der Waals surface area contributed by atoms with E-state index in [-0.39, 0.29) is 5.04 Å². The summed E-state index contributed by atoms with van der Waals surface area (Å²) in [5, 5.41) is 16.1. The van der Waals surface area contributed by atoms with Crippen molar-refractivity contribution in [2.24, 2.45) is 9.17 Å². The van der Waals surface area contributed by atoms with Gasteiger partial charge in [0.15, 0.2) is 8.24 Å². The van der Waals surface area contributed by atoms with E-state index in [9.17, 15) is 9.32 Å². The van der Waals surface area contributed by atoms with Crippen molar-refractivity contribution in [3.05, 3.63) is 29.8 Å². The molecule has 0 heterocycles. The van der Waals surface area contributed by atoms with Gasteiger partial charge in [-0.15, -0.1) is 0 Å². The number of hydrogen-bond donors (Lipinski definition) is 2. The minimum atomic E-state index is -2.96. The Morgan fingerprint density at radius 2 is 1.71 bits per heavy atom. The van der Waals surface area contributed by atoms with E-state index in [0.29, 0.717) is 10.5 Å². The maximum absolute atomic E-state index is 12.9. The van der Waals surface area contributed by atoms with Crippen LogP contribution in [0.2, 0.25) is 18.1 Å². The van der Waals surface area contributed by atoms with Crippen LogP contribution < -0.4 is 5.14 Å². The summed E-state index contributed by atoms with van der Waals surface area (Å²) >= 11 is 0. The highest BCUT2D eigenvalue weighted by Gasteiger charge is 2.37. The molecule has 1 atom stereocenters. The lowest BCUT2D eigenvalue weighted by Crippen LogP contribution is -2.37. The Morgan fingerprint density at radius 1 is 1.19 bits per heavy atom. The summed E-state index contributed by atoms with van der Waals surface area (Å²) in [5.74, 6) is 0. The summed E-state index contributed by atoms with van der Waals surface area (Å²) in [6, 6.07) is 6.97. The Labute approximate surface area is 130 Å². The molecule has 0 fully saturated rings. The molecule has 0 aromatic heterocycles. The second kappa shape index (κ2) is 5.50. The molecular formula is C15H28N2O2SSi. The maximum Gasteiger partial charge on any atom is 0.195 e. The van der Waals surface area contributed by atoms with Gasteiger partial charge in [-0.05, 0) is 49.7 Å². The maximum atomic E-state index is 12.9. The van der Waals surface area contributed by atoms with E-state index in [1.54, 1.807) is 38.1 Å². The zero-order valence-corrected chi connectivity index (χ0v) is 15.9. The van der Waals surface area contributed by atoms with Gasteiger partial charge in [0.2, 0.25) is 0 Å². The van der Waals surface area contributed by atoms with E-state index in [2.05, 4.69) is 37.9 Å². The molecule has 0 aliphatic heterocycles. The molecule has 6 heteroatoms. The van der Waals surface area contributed by atoms with Crippen molar-refractivity contribution in [3.8, 4) is 0 Å². The number of hydrogen-bond acceptors (Lipinski definition) is 3. The van der Waals surface area contributed by atoms with Gasteiger partial charge in [-0.1, -0.05) is 32.9 Å². The number of benzene rings is 1. The molecule has 0 saturated carbocycles. The summed E-state index contributed by atoms with van der Waals surface area (Å²) in [7, 11) is -5.08. The molecular weight excluding hydrogens is 300 g/mol. The molecule has 1 unspecified atom stereocenters. The fourth-order valence-electron chi connectivity index (χ4n) is 1.59. The minimum absolute atomic E-state index is 0.0249. The highest BCUT2D eigenvalue weighted by Crippen LogP contribution is 2.38. The van der Waals surface area contributed by atoms with Gasteiger partial charge in [0.05, 0.1) is 10.5 Å². The third-order valence-electron chi connectivity index (χ3n) is 4.08. The lowest BCUT2D eigenvalue weighted by atomic mass is 9.99. The van der Waals surface area contributed by atoms with Gasteiger partial charge in [-0.2, -0.15) is 0 Å². The molecule has 4 nitrogen and oxygen atoms in total. The van der Waals surface area contributed by atoms with Crippen molar-refractivity contribution < 1.29 is 9.32 Å². The van der Waals surface area contributed by atoms with Crippen molar-refractivity contribution in [3.63, 3.8) is 0 Å². The van der Waals surface area contributed by atoms with Gasteiger partial charge in [0.25, 0.3) is 0 Å². The first-order valence-corrected chi connectivity index (χ1v) is 11.6. The van der Waals surface area contributed by atoms with Crippen LogP contribution in [-0.4, -0.2) is 17.6 Å².